The van der Waals surface area contributed by atoms with Gasteiger partial charge in [0, 0.05) is 29.9 Å². The number of amides is 1. The third-order valence-electron chi connectivity index (χ3n) is 3.15. The molecule has 19 heavy (non-hydrogen) atoms. The van der Waals surface area contributed by atoms with E-state index in [0.29, 0.717) is 17.9 Å². The smallest absolute Gasteiger partial charge is 0.253 e. The van der Waals surface area contributed by atoms with Gasteiger partial charge in [0.2, 0.25) is 0 Å². The van der Waals surface area contributed by atoms with Gasteiger partial charge < -0.3 is 20.8 Å². The number of nitrogens with two attached hydrogens (primary N) is 1. The molecule has 0 bridgehead atoms. The first kappa shape index (κ1) is 13.4. The SMILES string of the molecule is CCC(COC)NC(=O)c1c[nH]c2ccc(N)cc12. The van der Waals surface area contributed by atoms with Gasteiger partial charge in [0.1, 0.15) is 0 Å². The predicted molar refractivity (Wildman–Crippen MR) is 76.1 cm³/mol. The number of aromatic amines is 1. The predicted octanol–water partition coefficient (Wildman–Crippen LogP) is 1.90. The number of nitrogens with one attached hydrogen (secondary N) is 2. The van der Waals surface area contributed by atoms with Crippen molar-refractivity contribution in [3.8, 4) is 0 Å². The molecular formula is C14H19N3O2. The molecule has 102 valence electrons. The maximum Gasteiger partial charge on any atom is 0.253 e. The Hall–Kier alpha value is -2.01. The van der Waals surface area contributed by atoms with Crippen molar-refractivity contribution in [3.63, 3.8) is 0 Å². The average molecular weight is 261 g/mol. The largest absolute Gasteiger partial charge is 0.399 e. The average Bonchev–Trinajstić information content (AvgIpc) is 2.81. The van der Waals surface area contributed by atoms with Gasteiger partial charge in [-0.05, 0) is 24.6 Å². The van der Waals surface area contributed by atoms with Crippen LogP contribution < -0.4 is 11.1 Å². The second-order valence-electron chi connectivity index (χ2n) is 4.54. The Bertz CT molecular complexity index is 577. The third-order valence-corrected chi connectivity index (χ3v) is 3.15. The van der Waals surface area contributed by atoms with Crippen LogP contribution in [0, 0.1) is 0 Å². The summed E-state index contributed by atoms with van der Waals surface area (Å²) in [6.45, 7) is 2.52. The van der Waals surface area contributed by atoms with E-state index >= 15 is 0 Å². The molecule has 0 aliphatic heterocycles. The van der Waals surface area contributed by atoms with Crippen molar-refractivity contribution in [2.75, 3.05) is 19.5 Å². The van der Waals surface area contributed by atoms with Crippen LogP contribution in [0.3, 0.4) is 0 Å². The summed E-state index contributed by atoms with van der Waals surface area (Å²) in [5.41, 5.74) is 7.92. The topological polar surface area (TPSA) is 80.1 Å². The van der Waals surface area contributed by atoms with E-state index in [9.17, 15) is 4.79 Å². The number of hydrogen-bond acceptors (Lipinski definition) is 3. The van der Waals surface area contributed by atoms with Crippen molar-refractivity contribution in [2.24, 2.45) is 0 Å². The van der Waals surface area contributed by atoms with Crippen molar-refractivity contribution in [1.82, 2.24) is 10.3 Å². The molecule has 0 fully saturated rings. The highest BCUT2D eigenvalue weighted by atomic mass is 16.5. The van der Waals surface area contributed by atoms with E-state index < -0.39 is 0 Å². The number of fused-ring (bicyclic) bond motifs is 1. The minimum Gasteiger partial charge on any atom is -0.399 e. The number of rotatable bonds is 5. The maximum atomic E-state index is 12.2. The Kier molecular flexibility index (Phi) is 4.06. The van der Waals surface area contributed by atoms with E-state index in [1.807, 2.05) is 13.0 Å². The molecule has 1 heterocycles. The molecule has 5 heteroatoms. The fourth-order valence-corrected chi connectivity index (χ4v) is 2.05. The minimum absolute atomic E-state index is 0.0171. The normalized spacial score (nSPS) is 12.5. The lowest BCUT2D eigenvalue weighted by atomic mass is 10.1. The van der Waals surface area contributed by atoms with E-state index in [1.54, 1.807) is 25.4 Å². The van der Waals surface area contributed by atoms with Crippen LogP contribution in [0.4, 0.5) is 5.69 Å². The Morgan fingerprint density at radius 1 is 1.53 bits per heavy atom. The number of ether oxygens (including phenoxy) is 1. The summed E-state index contributed by atoms with van der Waals surface area (Å²) in [4.78, 5) is 15.3. The van der Waals surface area contributed by atoms with Crippen LogP contribution in [0.1, 0.15) is 23.7 Å². The van der Waals surface area contributed by atoms with Crippen molar-refractivity contribution >= 4 is 22.5 Å². The lowest BCUT2D eigenvalue weighted by Crippen LogP contribution is -2.37. The van der Waals surface area contributed by atoms with Crippen LogP contribution in [-0.2, 0) is 4.74 Å². The van der Waals surface area contributed by atoms with Crippen molar-refractivity contribution in [2.45, 2.75) is 19.4 Å². The highest BCUT2D eigenvalue weighted by Crippen LogP contribution is 2.21. The monoisotopic (exact) mass is 261 g/mol. The summed E-state index contributed by atoms with van der Waals surface area (Å²) >= 11 is 0. The molecule has 0 saturated heterocycles. The molecule has 2 aromatic rings. The zero-order chi connectivity index (χ0) is 13.8. The maximum absolute atomic E-state index is 12.2. The van der Waals surface area contributed by atoms with Gasteiger partial charge in [-0.1, -0.05) is 6.92 Å². The lowest BCUT2D eigenvalue weighted by Gasteiger charge is -2.15. The zero-order valence-electron chi connectivity index (χ0n) is 11.2. The fraction of sp³-hybridized carbons (Fsp3) is 0.357. The number of hydrogen-bond donors (Lipinski definition) is 3. The molecule has 1 unspecified atom stereocenters. The Labute approximate surface area is 112 Å². The summed E-state index contributed by atoms with van der Waals surface area (Å²) in [5, 5.41) is 3.79. The number of benzene rings is 1. The molecule has 0 spiro atoms. The lowest BCUT2D eigenvalue weighted by molar-refractivity contribution is 0.0896. The molecule has 0 radical (unpaired) electrons. The number of nitrogen functional groups attached to an aromatic ring is 1. The van der Waals surface area contributed by atoms with Crippen molar-refractivity contribution in [1.29, 1.82) is 0 Å². The summed E-state index contributed by atoms with van der Waals surface area (Å²) in [6, 6.07) is 5.50. The number of anilines is 1. The Morgan fingerprint density at radius 2 is 2.32 bits per heavy atom. The van der Waals surface area contributed by atoms with Crippen LogP contribution >= 0.6 is 0 Å². The first-order chi connectivity index (χ1) is 9.15. The van der Waals surface area contributed by atoms with Gasteiger partial charge in [-0.15, -0.1) is 0 Å². The minimum atomic E-state index is -0.110. The van der Waals surface area contributed by atoms with Crippen LogP contribution in [0.2, 0.25) is 0 Å². The Morgan fingerprint density at radius 3 is 3.00 bits per heavy atom. The van der Waals surface area contributed by atoms with E-state index in [4.69, 9.17) is 10.5 Å². The third kappa shape index (κ3) is 2.88. The number of methoxy groups -OCH3 is 1. The molecule has 1 amide bonds. The quantitative estimate of drug-likeness (QED) is 0.719. The van der Waals surface area contributed by atoms with Crippen molar-refractivity contribution < 1.29 is 9.53 Å². The first-order valence-corrected chi connectivity index (χ1v) is 6.32. The summed E-state index contributed by atoms with van der Waals surface area (Å²) in [5.74, 6) is -0.110. The van der Waals surface area contributed by atoms with Crippen LogP contribution in [0.15, 0.2) is 24.4 Å². The fourth-order valence-electron chi connectivity index (χ4n) is 2.05. The highest BCUT2D eigenvalue weighted by molar-refractivity contribution is 6.07. The molecule has 0 aliphatic rings. The number of carbonyl (C=O) groups excluding carboxylic acids is 1. The van der Waals surface area contributed by atoms with E-state index in [-0.39, 0.29) is 11.9 Å². The van der Waals surface area contributed by atoms with E-state index in [1.165, 1.54) is 0 Å². The molecule has 1 aromatic heterocycles. The highest BCUT2D eigenvalue weighted by Gasteiger charge is 2.15. The zero-order valence-corrected chi connectivity index (χ0v) is 11.2. The van der Waals surface area contributed by atoms with Gasteiger partial charge >= 0.3 is 0 Å². The molecule has 1 atom stereocenters. The van der Waals surface area contributed by atoms with Gasteiger partial charge in [0.25, 0.3) is 5.91 Å². The second-order valence-corrected chi connectivity index (χ2v) is 4.54. The number of aromatic nitrogens is 1. The molecule has 0 saturated carbocycles. The molecule has 4 N–H and O–H groups in total. The summed E-state index contributed by atoms with van der Waals surface area (Å²) < 4.78 is 5.08. The van der Waals surface area contributed by atoms with Crippen LogP contribution in [-0.4, -0.2) is 30.6 Å². The van der Waals surface area contributed by atoms with Crippen molar-refractivity contribution in [3.05, 3.63) is 30.0 Å². The van der Waals surface area contributed by atoms with Gasteiger partial charge in [0.05, 0.1) is 18.2 Å². The second kappa shape index (κ2) is 5.75. The molecule has 2 rings (SSSR count). The standard InChI is InChI=1S/C14H19N3O2/c1-3-10(8-19-2)17-14(18)12-7-16-13-5-4-9(15)6-11(12)13/h4-7,10,16H,3,8,15H2,1-2H3,(H,17,18). The molecular weight excluding hydrogens is 242 g/mol. The Balaban J connectivity index is 2.23. The first-order valence-electron chi connectivity index (χ1n) is 6.32. The number of carbonyl (C=O) groups is 1. The van der Waals surface area contributed by atoms with Crippen LogP contribution in [0.5, 0.6) is 0 Å². The molecule has 1 aromatic carbocycles. The van der Waals surface area contributed by atoms with E-state index in [2.05, 4.69) is 10.3 Å². The van der Waals surface area contributed by atoms with Gasteiger partial charge in [-0.3, -0.25) is 4.79 Å². The van der Waals surface area contributed by atoms with Gasteiger partial charge in [-0.25, -0.2) is 0 Å². The van der Waals surface area contributed by atoms with Gasteiger partial charge in [0.15, 0.2) is 0 Å². The van der Waals surface area contributed by atoms with Gasteiger partial charge in [-0.2, -0.15) is 0 Å². The summed E-state index contributed by atoms with van der Waals surface area (Å²) in [6.07, 6.45) is 2.53. The number of H-pyrrole nitrogens is 1. The molecule has 0 aliphatic carbocycles. The van der Waals surface area contributed by atoms with Crippen LogP contribution in [0.25, 0.3) is 10.9 Å². The van der Waals surface area contributed by atoms with E-state index in [0.717, 1.165) is 17.3 Å². The molecule has 5 nitrogen and oxygen atoms in total. The summed E-state index contributed by atoms with van der Waals surface area (Å²) in [7, 11) is 1.63.